The minimum atomic E-state index is -0.760. The van der Waals surface area contributed by atoms with Gasteiger partial charge in [0, 0.05) is 6.54 Å². The van der Waals surface area contributed by atoms with Crippen LogP contribution in [0.2, 0.25) is 0 Å². The highest BCUT2D eigenvalue weighted by Crippen LogP contribution is 2.39. The molecule has 0 aromatic rings. The number of carbonyl (C=O) groups is 2. The van der Waals surface area contributed by atoms with Crippen LogP contribution in [0.4, 0.5) is 0 Å². The van der Waals surface area contributed by atoms with Gasteiger partial charge in [0.05, 0.1) is 5.41 Å². The van der Waals surface area contributed by atoms with Gasteiger partial charge in [-0.15, -0.1) is 0 Å². The van der Waals surface area contributed by atoms with E-state index < -0.39 is 11.3 Å². The number of rotatable bonds is 9. The molecule has 126 valence electrons. The molecule has 1 aliphatic heterocycles. The van der Waals surface area contributed by atoms with Gasteiger partial charge in [-0.1, -0.05) is 46.0 Å². The monoisotopic (exact) mass is 310 g/mol. The molecule has 0 radical (unpaired) electrons. The van der Waals surface area contributed by atoms with E-state index >= 15 is 0 Å². The first-order chi connectivity index (χ1) is 10.2. The number of amides is 2. The summed E-state index contributed by atoms with van der Waals surface area (Å²) < 4.78 is 0. The molecule has 0 aromatic carbocycles. The molecule has 0 aromatic heterocycles. The normalized spacial score (nSPS) is 22.6. The van der Waals surface area contributed by atoms with Crippen LogP contribution in [0.5, 0.6) is 0 Å². The molecule has 1 fully saturated rings. The SMILES string of the molecule is C/C(O)=C(/C(N)=O)N1C[C@@](C)(CCCCCCC(C)C)C1=O. The van der Waals surface area contributed by atoms with Crippen molar-refractivity contribution in [2.45, 2.75) is 66.2 Å². The van der Waals surface area contributed by atoms with Gasteiger partial charge in [0.25, 0.3) is 5.91 Å². The molecule has 1 atom stereocenters. The molecule has 0 aliphatic carbocycles. The van der Waals surface area contributed by atoms with Crippen LogP contribution >= 0.6 is 0 Å². The second-order valence-electron chi connectivity index (χ2n) is 7.10. The van der Waals surface area contributed by atoms with E-state index in [2.05, 4.69) is 13.8 Å². The van der Waals surface area contributed by atoms with Gasteiger partial charge in [-0.05, 0) is 26.2 Å². The van der Waals surface area contributed by atoms with Crippen LogP contribution in [0.1, 0.15) is 66.2 Å². The van der Waals surface area contributed by atoms with E-state index in [1.54, 1.807) is 0 Å². The summed E-state index contributed by atoms with van der Waals surface area (Å²) in [6, 6.07) is 0. The first-order valence-electron chi connectivity index (χ1n) is 8.20. The average Bonchev–Trinajstić information content (AvgIpc) is 2.40. The van der Waals surface area contributed by atoms with Crippen molar-refractivity contribution in [2.75, 3.05) is 6.54 Å². The number of likely N-dealkylation sites (tertiary alicyclic amines) is 1. The van der Waals surface area contributed by atoms with Gasteiger partial charge in [-0.2, -0.15) is 0 Å². The summed E-state index contributed by atoms with van der Waals surface area (Å²) in [5.74, 6) is -0.322. The van der Waals surface area contributed by atoms with Gasteiger partial charge in [-0.25, -0.2) is 0 Å². The highest BCUT2D eigenvalue weighted by Gasteiger charge is 2.50. The summed E-state index contributed by atoms with van der Waals surface area (Å²) in [6.07, 6.45) is 6.67. The van der Waals surface area contributed by atoms with Gasteiger partial charge in [0.1, 0.15) is 11.5 Å². The van der Waals surface area contributed by atoms with Crippen LogP contribution in [-0.2, 0) is 9.59 Å². The summed E-state index contributed by atoms with van der Waals surface area (Å²) in [7, 11) is 0. The maximum Gasteiger partial charge on any atom is 0.268 e. The Hall–Kier alpha value is -1.52. The Kier molecular flexibility index (Phi) is 6.45. The van der Waals surface area contributed by atoms with Gasteiger partial charge in [-0.3, -0.25) is 9.59 Å². The summed E-state index contributed by atoms with van der Waals surface area (Å²) in [6.45, 7) is 8.21. The fraction of sp³-hybridized carbons (Fsp3) is 0.765. The van der Waals surface area contributed by atoms with Gasteiger partial charge >= 0.3 is 0 Å². The quantitative estimate of drug-likeness (QED) is 0.297. The van der Waals surface area contributed by atoms with E-state index in [1.165, 1.54) is 31.1 Å². The molecular formula is C17H30N2O3. The van der Waals surface area contributed by atoms with Gasteiger partial charge in [0.2, 0.25) is 5.91 Å². The zero-order chi connectivity index (χ0) is 16.9. The molecule has 3 N–H and O–H groups in total. The van der Waals surface area contributed by atoms with E-state index in [0.717, 1.165) is 25.2 Å². The number of β-lactam (4-membered cyclic amide) rings is 1. The number of nitrogens with two attached hydrogens (primary N) is 1. The maximum absolute atomic E-state index is 12.3. The number of aliphatic hydroxyl groups is 1. The molecule has 1 saturated heterocycles. The van der Waals surface area contributed by atoms with Crippen LogP contribution in [0.25, 0.3) is 0 Å². The molecule has 5 heteroatoms. The number of primary amides is 1. The van der Waals surface area contributed by atoms with E-state index in [1.807, 2.05) is 6.92 Å². The van der Waals surface area contributed by atoms with Crippen molar-refractivity contribution in [1.29, 1.82) is 0 Å². The summed E-state index contributed by atoms with van der Waals surface area (Å²) in [5, 5.41) is 9.51. The molecule has 2 amide bonds. The number of nitrogens with zero attached hydrogens (tertiary/aromatic N) is 1. The zero-order valence-electron chi connectivity index (χ0n) is 14.3. The minimum absolute atomic E-state index is 0.0700. The smallest absolute Gasteiger partial charge is 0.268 e. The zero-order valence-corrected chi connectivity index (χ0v) is 14.3. The number of allylic oxidation sites excluding steroid dienone is 1. The highest BCUT2D eigenvalue weighted by atomic mass is 16.3. The van der Waals surface area contributed by atoms with Crippen LogP contribution in [-0.4, -0.2) is 28.4 Å². The second-order valence-corrected chi connectivity index (χ2v) is 7.10. The Morgan fingerprint density at radius 2 is 1.91 bits per heavy atom. The molecular weight excluding hydrogens is 280 g/mol. The number of hydrogen-bond acceptors (Lipinski definition) is 3. The Balaban J connectivity index is 2.40. The van der Waals surface area contributed by atoms with Crippen LogP contribution < -0.4 is 5.73 Å². The second kappa shape index (κ2) is 7.65. The lowest BCUT2D eigenvalue weighted by molar-refractivity contribution is -0.157. The van der Waals surface area contributed by atoms with Crippen molar-refractivity contribution in [3.8, 4) is 0 Å². The van der Waals surface area contributed by atoms with Gasteiger partial charge < -0.3 is 15.7 Å². The molecule has 1 aliphatic rings. The largest absolute Gasteiger partial charge is 0.510 e. The van der Waals surface area contributed by atoms with Crippen LogP contribution in [0.15, 0.2) is 11.5 Å². The molecule has 22 heavy (non-hydrogen) atoms. The van der Waals surface area contributed by atoms with Crippen molar-refractivity contribution in [1.82, 2.24) is 4.90 Å². The fourth-order valence-electron chi connectivity index (χ4n) is 3.02. The molecule has 0 spiro atoms. The third kappa shape index (κ3) is 4.49. The molecule has 1 rings (SSSR count). The summed E-state index contributed by atoms with van der Waals surface area (Å²) >= 11 is 0. The average molecular weight is 310 g/mol. The highest BCUT2D eigenvalue weighted by molar-refractivity contribution is 6.00. The number of carbonyl (C=O) groups excluding carboxylic acids is 2. The topological polar surface area (TPSA) is 83.6 Å². The number of aliphatic hydroxyl groups excluding tert-OH is 1. The minimum Gasteiger partial charge on any atom is -0.510 e. The van der Waals surface area contributed by atoms with E-state index in [4.69, 9.17) is 5.73 Å². The van der Waals surface area contributed by atoms with E-state index in [-0.39, 0.29) is 17.4 Å². The summed E-state index contributed by atoms with van der Waals surface area (Å²) in [4.78, 5) is 24.9. The molecule has 1 heterocycles. The lowest BCUT2D eigenvalue weighted by Gasteiger charge is -2.47. The molecule has 0 bridgehead atoms. The standard InChI is InChI=1S/C17H30N2O3/c1-12(2)9-7-5-6-8-10-17(4)11-19(16(17)22)14(13(3)20)15(18)21/h12,20H,5-11H2,1-4H3,(H2,18,21)/b14-13+/t17-/m1/s1. The van der Waals surface area contributed by atoms with Crippen LogP contribution in [0, 0.1) is 11.3 Å². The third-order valence-corrected chi connectivity index (χ3v) is 4.37. The Morgan fingerprint density at radius 1 is 1.32 bits per heavy atom. The van der Waals surface area contributed by atoms with E-state index in [9.17, 15) is 14.7 Å². The lowest BCUT2D eigenvalue weighted by atomic mass is 9.76. The predicted octanol–water partition coefficient (Wildman–Crippen LogP) is 3.11. The first-order valence-corrected chi connectivity index (χ1v) is 8.20. The lowest BCUT2D eigenvalue weighted by Crippen LogP contribution is -2.60. The summed E-state index contributed by atoms with van der Waals surface area (Å²) in [5.41, 5.74) is 4.74. The maximum atomic E-state index is 12.3. The third-order valence-electron chi connectivity index (χ3n) is 4.37. The van der Waals surface area contributed by atoms with Crippen molar-refractivity contribution < 1.29 is 14.7 Å². The fourth-order valence-corrected chi connectivity index (χ4v) is 3.02. The number of hydrogen-bond donors (Lipinski definition) is 2. The molecule has 0 unspecified atom stereocenters. The van der Waals surface area contributed by atoms with Crippen LogP contribution in [0.3, 0.4) is 0 Å². The van der Waals surface area contributed by atoms with Crippen molar-refractivity contribution >= 4 is 11.8 Å². The molecule has 5 nitrogen and oxygen atoms in total. The van der Waals surface area contributed by atoms with Gasteiger partial charge in [0.15, 0.2) is 0 Å². The number of unbranched alkanes of at least 4 members (excludes halogenated alkanes) is 3. The van der Waals surface area contributed by atoms with Crippen molar-refractivity contribution in [2.24, 2.45) is 17.1 Å². The predicted molar refractivity (Wildman–Crippen MR) is 86.9 cm³/mol. The Morgan fingerprint density at radius 3 is 2.36 bits per heavy atom. The van der Waals surface area contributed by atoms with E-state index in [0.29, 0.717) is 6.54 Å². The first kappa shape index (κ1) is 18.5. The Bertz CT molecular complexity index is 453. The molecule has 0 saturated carbocycles. The Labute approximate surface area is 133 Å². The van der Waals surface area contributed by atoms with Crippen molar-refractivity contribution in [3.05, 3.63) is 11.5 Å². The van der Waals surface area contributed by atoms with Crippen molar-refractivity contribution in [3.63, 3.8) is 0 Å².